The molecule has 1 aromatic carbocycles. The highest BCUT2D eigenvalue weighted by atomic mass is 16.2. The van der Waals surface area contributed by atoms with Crippen LogP contribution in [0.25, 0.3) is 22.2 Å². The first-order valence-electron chi connectivity index (χ1n) is 12.1. The number of H-pyrrole nitrogens is 1. The Hall–Kier alpha value is -2.95. The molecule has 0 unspecified atom stereocenters. The van der Waals surface area contributed by atoms with Gasteiger partial charge in [0.15, 0.2) is 0 Å². The van der Waals surface area contributed by atoms with Crippen molar-refractivity contribution in [3.05, 3.63) is 52.8 Å². The fourth-order valence-electron chi connectivity index (χ4n) is 5.19. The average Bonchev–Trinajstić information content (AvgIpc) is 3.16. The van der Waals surface area contributed by atoms with Gasteiger partial charge < -0.3 is 14.7 Å². The molecule has 0 aliphatic carbocycles. The molecule has 1 saturated heterocycles. The fraction of sp³-hybridized carbons (Fsp3) is 0.464. The number of hydrogen-bond acceptors (Lipinski definition) is 3. The number of pyridine rings is 1. The van der Waals surface area contributed by atoms with Crippen LogP contribution in [0, 0.1) is 13.8 Å². The third-order valence-electron chi connectivity index (χ3n) is 6.82. The minimum Gasteiger partial charge on any atom is -0.354 e. The van der Waals surface area contributed by atoms with E-state index >= 15 is 0 Å². The first-order chi connectivity index (χ1) is 15.7. The Labute approximate surface area is 196 Å². The second-order valence-electron chi connectivity index (χ2n) is 9.87. The van der Waals surface area contributed by atoms with Gasteiger partial charge in [0, 0.05) is 53.8 Å². The zero-order valence-corrected chi connectivity index (χ0v) is 20.5. The second kappa shape index (κ2) is 9.50. The number of benzene rings is 1. The summed E-state index contributed by atoms with van der Waals surface area (Å²) in [6.07, 6.45) is 2.62. The summed E-state index contributed by atoms with van der Waals surface area (Å²) >= 11 is 0. The van der Waals surface area contributed by atoms with Crippen molar-refractivity contribution in [1.82, 2.24) is 14.9 Å². The summed E-state index contributed by atoms with van der Waals surface area (Å²) in [4.78, 5) is 33.7. The Morgan fingerprint density at radius 1 is 1.06 bits per heavy atom. The van der Waals surface area contributed by atoms with Crippen LogP contribution in [0.5, 0.6) is 0 Å². The lowest BCUT2D eigenvalue weighted by Gasteiger charge is -2.32. The third kappa shape index (κ3) is 5.02. The van der Waals surface area contributed by atoms with Crippen LogP contribution in [0.15, 0.2) is 30.3 Å². The molecule has 5 heteroatoms. The van der Waals surface area contributed by atoms with Crippen LogP contribution in [0.2, 0.25) is 0 Å². The molecule has 1 aliphatic heterocycles. The maximum atomic E-state index is 12.4. The summed E-state index contributed by atoms with van der Waals surface area (Å²) in [5, 5.41) is 1.30. The number of aryl methyl sites for hydroxylation is 2. The van der Waals surface area contributed by atoms with Crippen LogP contribution < -0.4 is 0 Å². The molecule has 1 aliphatic rings. The molecule has 174 valence electrons. The molecule has 2 aromatic heterocycles. The van der Waals surface area contributed by atoms with E-state index < -0.39 is 0 Å². The number of nitrogens with one attached hydrogen (secondary N) is 1. The Kier molecular flexibility index (Phi) is 6.68. The number of ketones is 1. The molecular formula is C28H35N3O2. The van der Waals surface area contributed by atoms with E-state index in [9.17, 15) is 9.59 Å². The Balaban J connectivity index is 1.59. The predicted octanol–water partition coefficient (Wildman–Crippen LogP) is 6.05. The number of carbonyl (C=O) groups is 2. The number of aromatic nitrogens is 2. The zero-order chi connectivity index (χ0) is 23.7. The molecule has 0 bridgehead atoms. The second-order valence-corrected chi connectivity index (χ2v) is 9.87. The minimum atomic E-state index is 0.0791. The number of rotatable bonds is 6. The van der Waals surface area contributed by atoms with Gasteiger partial charge in [0.2, 0.25) is 5.91 Å². The maximum Gasteiger partial charge on any atom is 0.223 e. The highest BCUT2D eigenvalue weighted by molar-refractivity contribution is 5.92. The average molecular weight is 446 g/mol. The molecule has 0 spiro atoms. The molecule has 1 N–H and O–H groups in total. The molecule has 5 nitrogen and oxygen atoms in total. The number of amides is 1. The Morgan fingerprint density at radius 2 is 1.73 bits per heavy atom. The van der Waals surface area contributed by atoms with Gasteiger partial charge in [0.25, 0.3) is 0 Å². The molecule has 3 aromatic rings. The van der Waals surface area contributed by atoms with E-state index in [-0.39, 0.29) is 11.7 Å². The first-order valence-corrected chi connectivity index (χ1v) is 12.1. The molecule has 3 heterocycles. The van der Waals surface area contributed by atoms with Crippen LogP contribution >= 0.6 is 0 Å². The number of fused-ring (bicyclic) bond motifs is 1. The van der Waals surface area contributed by atoms with Gasteiger partial charge in [0.05, 0.1) is 5.69 Å². The minimum absolute atomic E-state index is 0.0791. The van der Waals surface area contributed by atoms with Crippen molar-refractivity contribution in [2.24, 2.45) is 0 Å². The van der Waals surface area contributed by atoms with E-state index in [1.807, 2.05) is 18.7 Å². The van der Waals surface area contributed by atoms with E-state index in [0.717, 1.165) is 37.3 Å². The standard InChI is InChI=1S/C28H35N3O2/c1-17(2)27-24-16-22(21-10-12-31(13-11-21)26(33)9-6-20(5)32)7-8-25(24)30-28(27)23-14-18(3)29-19(4)15-23/h7-8,14-17,21,30H,6,9-13H2,1-5H3. The first kappa shape index (κ1) is 23.2. The smallest absolute Gasteiger partial charge is 0.223 e. The van der Waals surface area contributed by atoms with E-state index in [1.165, 1.54) is 33.3 Å². The fourth-order valence-corrected chi connectivity index (χ4v) is 5.19. The molecular weight excluding hydrogens is 410 g/mol. The van der Waals surface area contributed by atoms with Crippen molar-refractivity contribution in [3.63, 3.8) is 0 Å². The highest BCUT2D eigenvalue weighted by Crippen LogP contribution is 2.38. The van der Waals surface area contributed by atoms with Crippen molar-refractivity contribution in [3.8, 4) is 11.3 Å². The number of carbonyl (C=O) groups excluding carboxylic acids is 2. The van der Waals surface area contributed by atoms with Gasteiger partial charge in [-0.3, -0.25) is 9.78 Å². The monoisotopic (exact) mass is 445 g/mol. The van der Waals surface area contributed by atoms with E-state index in [1.54, 1.807) is 6.92 Å². The number of nitrogens with zero attached hydrogens (tertiary/aromatic N) is 2. The van der Waals surface area contributed by atoms with Crippen LogP contribution in [0.3, 0.4) is 0 Å². The summed E-state index contributed by atoms with van der Waals surface area (Å²) < 4.78 is 0. The molecule has 0 atom stereocenters. The quantitative estimate of drug-likeness (QED) is 0.503. The van der Waals surface area contributed by atoms with Gasteiger partial charge in [-0.25, -0.2) is 0 Å². The van der Waals surface area contributed by atoms with Crippen molar-refractivity contribution >= 4 is 22.6 Å². The Bertz CT molecular complexity index is 1160. The number of piperidine rings is 1. The van der Waals surface area contributed by atoms with Crippen LogP contribution in [0.4, 0.5) is 0 Å². The van der Waals surface area contributed by atoms with Gasteiger partial charge in [-0.2, -0.15) is 0 Å². The van der Waals surface area contributed by atoms with Crippen molar-refractivity contribution in [2.75, 3.05) is 13.1 Å². The van der Waals surface area contributed by atoms with Gasteiger partial charge in [0.1, 0.15) is 5.78 Å². The third-order valence-corrected chi connectivity index (χ3v) is 6.82. The molecule has 0 saturated carbocycles. The summed E-state index contributed by atoms with van der Waals surface area (Å²) in [5.74, 6) is 1.03. The summed E-state index contributed by atoms with van der Waals surface area (Å²) in [6.45, 7) is 11.7. The number of hydrogen-bond donors (Lipinski definition) is 1. The molecule has 0 radical (unpaired) electrons. The van der Waals surface area contributed by atoms with E-state index in [2.05, 4.69) is 54.1 Å². The lowest BCUT2D eigenvalue weighted by Crippen LogP contribution is -2.37. The molecule has 33 heavy (non-hydrogen) atoms. The lowest BCUT2D eigenvalue weighted by atomic mass is 9.87. The van der Waals surface area contributed by atoms with Crippen molar-refractivity contribution in [2.45, 2.75) is 72.1 Å². The van der Waals surface area contributed by atoms with Crippen LogP contribution in [0.1, 0.15) is 80.8 Å². The summed E-state index contributed by atoms with van der Waals surface area (Å²) in [5.41, 5.74) is 8.32. The van der Waals surface area contributed by atoms with Gasteiger partial charge in [-0.05, 0) is 80.8 Å². The van der Waals surface area contributed by atoms with Crippen LogP contribution in [-0.2, 0) is 9.59 Å². The molecule has 1 amide bonds. The van der Waals surface area contributed by atoms with Gasteiger partial charge in [-0.15, -0.1) is 0 Å². The van der Waals surface area contributed by atoms with Crippen molar-refractivity contribution < 1.29 is 9.59 Å². The SMILES string of the molecule is CC(=O)CCC(=O)N1CCC(c2ccc3[nH]c(-c4cc(C)nc(C)c4)c(C(C)C)c3c2)CC1. The highest BCUT2D eigenvalue weighted by Gasteiger charge is 2.25. The lowest BCUT2D eigenvalue weighted by molar-refractivity contribution is -0.133. The maximum absolute atomic E-state index is 12.4. The van der Waals surface area contributed by atoms with Gasteiger partial charge >= 0.3 is 0 Å². The van der Waals surface area contributed by atoms with Crippen molar-refractivity contribution in [1.29, 1.82) is 0 Å². The molecule has 1 fully saturated rings. The molecule has 4 rings (SSSR count). The van der Waals surface area contributed by atoms with E-state index in [0.29, 0.717) is 24.7 Å². The Morgan fingerprint density at radius 3 is 2.33 bits per heavy atom. The zero-order valence-electron chi connectivity index (χ0n) is 20.5. The number of aromatic amines is 1. The topological polar surface area (TPSA) is 66.1 Å². The summed E-state index contributed by atoms with van der Waals surface area (Å²) in [6, 6.07) is 11.1. The number of likely N-dealkylation sites (tertiary alicyclic amines) is 1. The normalized spacial score (nSPS) is 14.9. The van der Waals surface area contributed by atoms with Gasteiger partial charge in [-0.1, -0.05) is 19.9 Å². The predicted molar refractivity (Wildman–Crippen MR) is 134 cm³/mol. The largest absolute Gasteiger partial charge is 0.354 e. The van der Waals surface area contributed by atoms with Crippen LogP contribution in [-0.4, -0.2) is 39.6 Å². The number of Topliss-reactive ketones (excluding diaryl/α,β-unsaturated/α-hetero) is 1. The van der Waals surface area contributed by atoms with E-state index in [4.69, 9.17) is 0 Å². The summed E-state index contributed by atoms with van der Waals surface area (Å²) in [7, 11) is 0.